The van der Waals surface area contributed by atoms with E-state index >= 15 is 0 Å². The zero-order chi connectivity index (χ0) is 53.9. The van der Waals surface area contributed by atoms with Crippen LogP contribution in [-0.4, -0.2) is 12.6 Å². The van der Waals surface area contributed by atoms with Crippen molar-refractivity contribution in [3.05, 3.63) is 224 Å². The van der Waals surface area contributed by atoms with Gasteiger partial charge in [0.1, 0.15) is 12.6 Å². The van der Waals surface area contributed by atoms with Crippen LogP contribution in [0.25, 0.3) is 42.4 Å². The topological polar surface area (TPSA) is 34.1 Å². The molecular formula is C74H80O2S2. The van der Waals surface area contributed by atoms with Gasteiger partial charge in [-0.25, -0.2) is 0 Å². The number of unbranched alkanes of at least 4 members (excludes halogenated alkanes) is 12. The lowest BCUT2D eigenvalue weighted by Crippen LogP contribution is -2.29. The maximum absolute atomic E-state index is 11.9. The third kappa shape index (κ3) is 10.7. The number of benzene rings is 6. The summed E-state index contributed by atoms with van der Waals surface area (Å²) in [4.78, 5) is 26.4. The van der Waals surface area contributed by atoms with Crippen molar-refractivity contribution in [1.82, 2.24) is 0 Å². The van der Waals surface area contributed by atoms with Gasteiger partial charge in [-0.1, -0.05) is 238 Å². The zero-order valence-electron chi connectivity index (χ0n) is 46.9. The van der Waals surface area contributed by atoms with Crippen molar-refractivity contribution >= 4 is 56.8 Å². The molecular weight excluding hydrogens is 985 g/mol. The summed E-state index contributed by atoms with van der Waals surface area (Å²) < 4.78 is 2.71. The Labute approximate surface area is 474 Å². The number of carbonyl (C=O) groups excluding carboxylic acids is 2. The SMILES string of the molecule is CCCCCCc1ccc(C2(c3ccc(CCCCCC)cc3)c3cc(/C=C/C=O)ccc3-c3sc4c5c(sc4c32)-c2ccc(/C=C/C=O)cc2C5(c2ccc(CCCCCC)cc2)c2ccc(CCCCCC)cc2)cc1. The standard InChI is InChI=1S/C74H80O2S2/c1-5-9-13-17-23-53-29-39-59(40-30-53)73(60-41-31-54(32-42-60)24-18-14-10-6-2)65-51-57(27-21-49-75)37-47-63(65)69-67(73)71-72(77-69)68-70(78-71)64-48-38-58(28-22-50-76)52-66(64)74(68,61-43-33-55(34-44-61)25-19-15-11-7-3)62-45-35-56(36-46-62)26-20-16-12-8-4/h21-22,27-52H,5-20,23-26H2,1-4H3/b27-21+,28-22+. The highest BCUT2D eigenvalue weighted by Gasteiger charge is 2.54. The predicted molar refractivity (Wildman–Crippen MR) is 336 cm³/mol. The monoisotopic (exact) mass is 1060 g/mol. The Bertz CT molecular complexity index is 3020. The van der Waals surface area contributed by atoms with Gasteiger partial charge in [-0.2, -0.15) is 0 Å². The Kier molecular flexibility index (Phi) is 18.2. The number of thiophene rings is 2. The summed E-state index contributed by atoms with van der Waals surface area (Å²) >= 11 is 3.98. The van der Waals surface area contributed by atoms with Crippen molar-refractivity contribution in [3.8, 4) is 20.9 Å². The number of allylic oxidation sites excluding steroid dienone is 2. The lowest BCUT2D eigenvalue weighted by atomic mass is 9.66. The zero-order valence-corrected chi connectivity index (χ0v) is 48.6. The second-order valence-electron chi connectivity index (χ2n) is 22.4. The lowest BCUT2D eigenvalue weighted by molar-refractivity contribution is -0.104. The van der Waals surface area contributed by atoms with Gasteiger partial charge in [-0.05, 0) is 154 Å². The lowest BCUT2D eigenvalue weighted by Gasteiger charge is -2.35. The summed E-state index contributed by atoms with van der Waals surface area (Å²) in [5, 5.41) is 0. The molecule has 0 bridgehead atoms. The van der Waals surface area contributed by atoms with E-state index in [-0.39, 0.29) is 0 Å². The summed E-state index contributed by atoms with van der Waals surface area (Å²) in [6.07, 6.45) is 33.1. The molecule has 2 aromatic heterocycles. The van der Waals surface area contributed by atoms with Gasteiger partial charge in [0, 0.05) is 20.9 Å². The molecule has 10 rings (SSSR count). The van der Waals surface area contributed by atoms with Gasteiger partial charge in [-0.3, -0.25) is 9.59 Å². The van der Waals surface area contributed by atoms with E-state index in [9.17, 15) is 9.59 Å². The van der Waals surface area contributed by atoms with Gasteiger partial charge in [0.25, 0.3) is 0 Å². The maximum Gasteiger partial charge on any atom is 0.142 e. The predicted octanol–water partition coefficient (Wildman–Crippen LogP) is 20.6. The molecule has 2 aliphatic carbocycles. The summed E-state index contributed by atoms with van der Waals surface area (Å²) in [5.41, 5.74) is 19.3. The molecule has 0 fully saturated rings. The van der Waals surface area contributed by atoms with Crippen molar-refractivity contribution in [2.75, 3.05) is 0 Å². The summed E-state index contributed by atoms with van der Waals surface area (Å²) in [7, 11) is 0. The number of fused-ring (bicyclic) bond motifs is 9. The van der Waals surface area contributed by atoms with Crippen LogP contribution in [0.1, 0.15) is 208 Å². The van der Waals surface area contributed by atoms with Crippen LogP contribution >= 0.6 is 22.7 Å². The molecule has 0 atom stereocenters. The molecule has 0 unspecified atom stereocenters. The van der Waals surface area contributed by atoms with E-state index in [1.165, 1.54) is 200 Å². The molecule has 0 radical (unpaired) electrons. The average Bonchev–Trinajstić information content (AvgIpc) is 3.18. The molecule has 6 aromatic carbocycles. The minimum Gasteiger partial charge on any atom is -0.299 e. The first-order chi connectivity index (χ1) is 38.4. The molecule has 78 heavy (non-hydrogen) atoms. The summed E-state index contributed by atoms with van der Waals surface area (Å²) in [5.74, 6) is 0. The van der Waals surface area contributed by atoms with E-state index in [0.29, 0.717) is 0 Å². The fourth-order valence-corrected chi connectivity index (χ4v) is 16.3. The van der Waals surface area contributed by atoms with Crippen molar-refractivity contribution in [3.63, 3.8) is 0 Å². The van der Waals surface area contributed by atoms with Gasteiger partial charge >= 0.3 is 0 Å². The van der Waals surface area contributed by atoms with Crippen molar-refractivity contribution in [2.45, 2.75) is 167 Å². The van der Waals surface area contributed by atoms with Gasteiger partial charge in [0.15, 0.2) is 0 Å². The molecule has 0 amide bonds. The molecule has 4 heteroatoms. The Balaban J connectivity index is 1.25. The van der Waals surface area contributed by atoms with E-state index in [1.54, 1.807) is 12.2 Å². The molecule has 0 N–H and O–H groups in total. The van der Waals surface area contributed by atoms with Crippen LogP contribution in [0.3, 0.4) is 0 Å². The molecule has 0 aliphatic heterocycles. The quantitative estimate of drug-likeness (QED) is 0.0278. The molecule has 2 heterocycles. The van der Waals surface area contributed by atoms with Crippen LogP contribution in [0.4, 0.5) is 0 Å². The number of hydrogen-bond acceptors (Lipinski definition) is 4. The molecule has 0 spiro atoms. The van der Waals surface area contributed by atoms with Crippen LogP contribution in [0.15, 0.2) is 146 Å². The van der Waals surface area contributed by atoms with E-state index in [1.807, 2.05) is 34.8 Å². The Morgan fingerprint density at radius 3 is 0.923 bits per heavy atom. The Morgan fingerprint density at radius 2 is 0.654 bits per heavy atom. The van der Waals surface area contributed by atoms with Gasteiger partial charge < -0.3 is 0 Å². The van der Waals surface area contributed by atoms with Gasteiger partial charge in [0.05, 0.1) is 20.2 Å². The minimum atomic E-state index is -0.637. The van der Waals surface area contributed by atoms with Crippen LogP contribution in [0.2, 0.25) is 0 Å². The molecule has 2 nitrogen and oxygen atoms in total. The fraction of sp³-hybridized carbons (Fsp3) is 0.351. The average molecular weight is 1070 g/mol. The van der Waals surface area contributed by atoms with E-state index in [0.717, 1.165) is 49.4 Å². The van der Waals surface area contributed by atoms with Crippen molar-refractivity contribution in [2.24, 2.45) is 0 Å². The molecule has 0 saturated carbocycles. The third-order valence-corrected chi connectivity index (χ3v) is 19.8. The van der Waals surface area contributed by atoms with Gasteiger partial charge in [-0.15, -0.1) is 22.7 Å². The summed E-state index contributed by atoms with van der Waals surface area (Å²) in [6, 6.07) is 52.8. The first-order valence-corrected chi connectivity index (χ1v) is 31.6. The molecule has 8 aromatic rings. The number of hydrogen-bond donors (Lipinski definition) is 0. The third-order valence-electron chi connectivity index (χ3n) is 17.2. The largest absolute Gasteiger partial charge is 0.299 e. The number of aldehydes is 2. The van der Waals surface area contributed by atoms with E-state index < -0.39 is 10.8 Å². The Hall–Kier alpha value is -6.20. The second kappa shape index (κ2) is 25.7. The highest BCUT2D eigenvalue weighted by atomic mass is 32.1. The van der Waals surface area contributed by atoms with Crippen LogP contribution < -0.4 is 0 Å². The first-order valence-electron chi connectivity index (χ1n) is 30.0. The Morgan fingerprint density at radius 1 is 0.359 bits per heavy atom. The number of carbonyl (C=O) groups is 2. The van der Waals surface area contributed by atoms with E-state index in [2.05, 4.69) is 161 Å². The number of aryl methyl sites for hydroxylation is 4. The minimum absolute atomic E-state index is 0.637. The maximum atomic E-state index is 11.9. The highest BCUT2D eigenvalue weighted by Crippen LogP contribution is 2.68. The highest BCUT2D eigenvalue weighted by molar-refractivity contribution is 7.32. The summed E-state index contributed by atoms with van der Waals surface area (Å²) in [6.45, 7) is 9.15. The van der Waals surface area contributed by atoms with E-state index in [4.69, 9.17) is 0 Å². The van der Waals surface area contributed by atoms with Crippen molar-refractivity contribution in [1.29, 1.82) is 0 Å². The van der Waals surface area contributed by atoms with Crippen LogP contribution in [-0.2, 0) is 46.1 Å². The first kappa shape index (κ1) is 55.1. The molecule has 2 aliphatic rings. The molecule has 0 saturated heterocycles. The van der Waals surface area contributed by atoms with Crippen LogP contribution in [0.5, 0.6) is 0 Å². The smallest absolute Gasteiger partial charge is 0.142 e. The molecule has 400 valence electrons. The normalized spacial score (nSPS) is 13.8. The van der Waals surface area contributed by atoms with Gasteiger partial charge in [0.2, 0.25) is 0 Å². The second-order valence-corrected chi connectivity index (χ2v) is 24.4. The fourth-order valence-electron chi connectivity index (χ4n) is 13.2. The van der Waals surface area contributed by atoms with Crippen molar-refractivity contribution < 1.29 is 9.59 Å². The number of rotatable bonds is 28. The van der Waals surface area contributed by atoms with Crippen LogP contribution in [0, 0.1) is 0 Å².